The van der Waals surface area contributed by atoms with Crippen molar-refractivity contribution < 1.29 is 9.60 Å². The molecule has 0 bridgehead atoms. The summed E-state index contributed by atoms with van der Waals surface area (Å²) >= 11 is 0. The summed E-state index contributed by atoms with van der Waals surface area (Å²) in [4.78, 5) is 0. The quantitative estimate of drug-likeness (QED) is 0.328. The van der Waals surface area contributed by atoms with Gasteiger partial charge in [-0.05, 0) is 12.1 Å². The Labute approximate surface area is 101 Å². The van der Waals surface area contributed by atoms with E-state index in [1.807, 2.05) is 13.8 Å². The highest BCUT2D eigenvalue weighted by molar-refractivity contribution is 6.03. The van der Waals surface area contributed by atoms with Crippen molar-refractivity contribution in [1.29, 1.82) is 0 Å². The fourth-order valence-electron chi connectivity index (χ4n) is 1.33. The first-order chi connectivity index (χ1) is 8.15. The molecular formula is C12H18FN3O. The lowest BCUT2D eigenvalue weighted by Gasteiger charge is -2.11. The van der Waals surface area contributed by atoms with Gasteiger partial charge < -0.3 is 16.3 Å². The third-order valence-corrected chi connectivity index (χ3v) is 2.03. The van der Waals surface area contributed by atoms with Crippen LogP contribution >= 0.6 is 0 Å². The van der Waals surface area contributed by atoms with Crippen molar-refractivity contribution >= 4 is 17.6 Å². The summed E-state index contributed by atoms with van der Waals surface area (Å²) in [5, 5.41) is 14.2. The van der Waals surface area contributed by atoms with Gasteiger partial charge in [-0.1, -0.05) is 31.7 Å². The van der Waals surface area contributed by atoms with Gasteiger partial charge in [-0.25, -0.2) is 4.39 Å². The van der Waals surface area contributed by atoms with Crippen molar-refractivity contribution in [1.82, 2.24) is 0 Å². The molecule has 1 aromatic rings. The van der Waals surface area contributed by atoms with Crippen LogP contribution in [0, 0.1) is 5.82 Å². The van der Waals surface area contributed by atoms with Crippen LogP contribution in [0.4, 0.5) is 10.1 Å². The summed E-state index contributed by atoms with van der Waals surface area (Å²) in [6.07, 6.45) is 1.37. The number of anilines is 1. The van der Waals surface area contributed by atoms with Crippen LogP contribution in [0.3, 0.4) is 0 Å². The average Bonchev–Trinajstić information content (AvgIpc) is 2.39. The molecule has 0 fully saturated rings. The molecule has 17 heavy (non-hydrogen) atoms. The molecule has 0 aliphatic heterocycles. The van der Waals surface area contributed by atoms with E-state index in [0.717, 1.165) is 0 Å². The van der Waals surface area contributed by atoms with Crippen LogP contribution in [-0.2, 0) is 0 Å². The topological polar surface area (TPSA) is 70.6 Å². The maximum absolute atomic E-state index is 13.3. The molecule has 0 aliphatic rings. The Bertz CT molecular complexity index is 416. The molecule has 0 saturated carbocycles. The predicted octanol–water partition coefficient (Wildman–Crippen LogP) is 2.63. The van der Waals surface area contributed by atoms with Crippen LogP contribution in [0.25, 0.3) is 6.08 Å². The second-order valence-corrected chi connectivity index (χ2v) is 2.82. The molecule has 0 heterocycles. The number of amidine groups is 1. The highest BCUT2D eigenvalue weighted by Gasteiger charge is 2.12. The Balaban J connectivity index is 0.00000121. The maximum Gasteiger partial charge on any atom is 0.172 e. The van der Waals surface area contributed by atoms with Gasteiger partial charge in [-0.15, -0.1) is 0 Å². The summed E-state index contributed by atoms with van der Waals surface area (Å²) in [5.74, 6) is -0.494. The van der Waals surface area contributed by atoms with Gasteiger partial charge in [0, 0.05) is 18.2 Å². The lowest BCUT2D eigenvalue weighted by molar-refractivity contribution is 0.318. The molecule has 0 amide bonds. The molecule has 0 aliphatic carbocycles. The Morgan fingerprint density at radius 1 is 1.53 bits per heavy atom. The van der Waals surface area contributed by atoms with Gasteiger partial charge in [0.05, 0.1) is 5.69 Å². The summed E-state index contributed by atoms with van der Waals surface area (Å²) in [7, 11) is 1.62. The van der Waals surface area contributed by atoms with E-state index in [-0.39, 0.29) is 5.84 Å². The van der Waals surface area contributed by atoms with Crippen molar-refractivity contribution in [3.05, 3.63) is 35.7 Å². The van der Waals surface area contributed by atoms with Crippen molar-refractivity contribution in [3.8, 4) is 0 Å². The number of nitrogens with one attached hydrogen (secondary N) is 1. The van der Waals surface area contributed by atoms with Gasteiger partial charge in [0.25, 0.3) is 0 Å². The Morgan fingerprint density at radius 3 is 2.53 bits per heavy atom. The number of rotatable bonds is 3. The van der Waals surface area contributed by atoms with Gasteiger partial charge >= 0.3 is 0 Å². The van der Waals surface area contributed by atoms with E-state index < -0.39 is 5.82 Å². The molecule has 0 aromatic heterocycles. The number of halogens is 1. The lowest BCUT2D eigenvalue weighted by atomic mass is 10.1. The molecule has 1 aromatic carbocycles. The largest absolute Gasteiger partial charge is 0.409 e. The number of nitrogens with two attached hydrogens (primary N) is 1. The summed E-state index contributed by atoms with van der Waals surface area (Å²) in [5.41, 5.74) is 6.61. The Hall–Kier alpha value is -2.04. The van der Waals surface area contributed by atoms with Crippen molar-refractivity contribution in [2.75, 3.05) is 12.4 Å². The van der Waals surface area contributed by atoms with Gasteiger partial charge in [0.1, 0.15) is 5.82 Å². The molecule has 94 valence electrons. The number of nitrogens with zero attached hydrogens (tertiary/aromatic N) is 1. The van der Waals surface area contributed by atoms with Crippen LogP contribution in [-0.4, -0.2) is 18.1 Å². The first-order valence-electron chi connectivity index (χ1n) is 5.26. The van der Waals surface area contributed by atoms with E-state index in [1.165, 1.54) is 18.2 Å². The zero-order valence-corrected chi connectivity index (χ0v) is 10.3. The third kappa shape index (κ3) is 3.21. The molecule has 0 atom stereocenters. The zero-order valence-electron chi connectivity index (χ0n) is 10.3. The van der Waals surface area contributed by atoms with Crippen LogP contribution in [0.15, 0.2) is 23.9 Å². The summed E-state index contributed by atoms with van der Waals surface area (Å²) in [6, 6.07) is 2.68. The summed E-state index contributed by atoms with van der Waals surface area (Å²) < 4.78 is 13.3. The maximum atomic E-state index is 13.3. The molecule has 5 heteroatoms. The first kappa shape index (κ1) is 15.0. The van der Waals surface area contributed by atoms with E-state index in [0.29, 0.717) is 16.8 Å². The molecule has 0 unspecified atom stereocenters. The first-order valence-corrected chi connectivity index (χ1v) is 5.26. The second kappa shape index (κ2) is 7.27. The minimum absolute atomic E-state index is 0.0811. The third-order valence-electron chi connectivity index (χ3n) is 2.03. The highest BCUT2D eigenvalue weighted by Crippen LogP contribution is 2.24. The molecule has 0 saturated heterocycles. The van der Waals surface area contributed by atoms with Gasteiger partial charge in [0.2, 0.25) is 0 Å². The smallest absolute Gasteiger partial charge is 0.172 e. The van der Waals surface area contributed by atoms with E-state index >= 15 is 0 Å². The van der Waals surface area contributed by atoms with E-state index in [2.05, 4.69) is 17.1 Å². The molecule has 4 N–H and O–H groups in total. The monoisotopic (exact) mass is 239 g/mol. The summed E-state index contributed by atoms with van der Waals surface area (Å²) in [6.45, 7) is 7.50. The minimum Gasteiger partial charge on any atom is -0.409 e. The van der Waals surface area contributed by atoms with Gasteiger partial charge in [-0.2, -0.15) is 0 Å². The highest BCUT2D eigenvalue weighted by atomic mass is 19.1. The fraction of sp³-hybridized carbons (Fsp3) is 0.250. The van der Waals surface area contributed by atoms with Gasteiger partial charge in [-0.3, -0.25) is 0 Å². The second-order valence-electron chi connectivity index (χ2n) is 2.82. The molecule has 1 rings (SSSR count). The standard InChI is InChI=1S/C10H12FN3O.C2H6/c1-3-6-8(11)5-4-7(9(6)13-2)10(12)14-15;1-2/h3-5,13,15H,1H2,2H3,(H2,12,14);1-2H3. The van der Waals surface area contributed by atoms with E-state index in [1.54, 1.807) is 7.05 Å². The Kier molecular flexibility index (Phi) is 6.40. The van der Waals surface area contributed by atoms with Crippen LogP contribution in [0.1, 0.15) is 25.0 Å². The van der Waals surface area contributed by atoms with Crippen molar-refractivity contribution in [2.45, 2.75) is 13.8 Å². The number of oxime groups is 1. The SMILES string of the molecule is C=Cc1c(F)ccc(/C(N)=N/O)c1NC.CC. The van der Waals surface area contributed by atoms with E-state index in [9.17, 15) is 4.39 Å². The predicted molar refractivity (Wildman–Crippen MR) is 69.9 cm³/mol. The molecule has 0 spiro atoms. The number of hydrogen-bond donors (Lipinski definition) is 3. The van der Waals surface area contributed by atoms with Crippen molar-refractivity contribution in [2.24, 2.45) is 10.9 Å². The number of benzene rings is 1. The van der Waals surface area contributed by atoms with Crippen molar-refractivity contribution in [3.63, 3.8) is 0 Å². The average molecular weight is 239 g/mol. The van der Waals surface area contributed by atoms with E-state index in [4.69, 9.17) is 10.9 Å². The lowest BCUT2D eigenvalue weighted by Crippen LogP contribution is -2.16. The molecule has 4 nitrogen and oxygen atoms in total. The Morgan fingerprint density at radius 2 is 2.12 bits per heavy atom. The zero-order chi connectivity index (χ0) is 13.4. The fourth-order valence-corrected chi connectivity index (χ4v) is 1.33. The van der Waals surface area contributed by atoms with Gasteiger partial charge in [0.15, 0.2) is 5.84 Å². The van der Waals surface area contributed by atoms with Crippen LogP contribution in [0.2, 0.25) is 0 Å². The molecular weight excluding hydrogens is 221 g/mol. The van der Waals surface area contributed by atoms with Crippen LogP contribution < -0.4 is 11.1 Å². The minimum atomic E-state index is -0.413. The van der Waals surface area contributed by atoms with Crippen LogP contribution in [0.5, 0.6) is 0 Å². The normalized spacial score (nSPS) is 10.2. The molecule has 0 radical (unpaired) electrons. The number of hydrogen-bond acceptors (Lipinski definition) is 3.